The molecule has 0 spiro atoms. The molecule has 0 atom stereocenters. The van der Waals surface area contributed by atoms with E-state index in [1.54, 1.807) is 0 Å². The summed E-state index contributed by atoms with van der Waals surface area (Å²) in [6.07, 6.45) is 2.40. The second kappa shape index (κ2) is 14.8. The molecule has 0 unspecified atom stereocenters. The summed E-state index contributed by atoms with van der Waals surface area (Å²) in [6.45, 7) is 15.8. The van der Waals surface area contributed by atoms with Crippen molar-refractivity contribution in [2.45, 2.75) is 19.8 Å². The van der Waals surface area contributed by atoms with Gasteiger partial charge in [-0.1, -0.05) is 0 Å². The minimum Gasteiger partial charge on any atom is -0.379 e. The van der Waals surface area contributed by atoms with Gasteiger partial charge in [0.05, 0.1) is 13.2 Å². The van der Waals surface area contributed by atoms with E-state index in [-0.39, 0.29) is 24.0 Å². The van der Waals surface area contributed by atoms with E-state index in [0.717, 1.165) is 64.9 Å². The van der Waals surface area contributed by atoms with Crippen molar-refractivity contribution in [3.8, 4) is 0 Å². The minimum atomic E-state index is 0. The predicted molar refractivity (Wildman–Crippen MR) is 120 cm³/mol. The SMILES string of the molecule is CCNC(=NCCCCN1CCN(C)CC1)NCCN1CCOCC1.I. The van der Waals surface area contributed by atoms with Crippen LogP contribution in [-0.2, 0) is 4.74 Å². The Morgan fingerprint density at radius 1 is 0.923 bits per heavy atom. The minimum absolute atomic E-state index is 0. The first-order chi connectivity index (χ1) is 12.3. The molecule has 0 amide bonds. The molecule has 7 nitrogen and oxygen atoms in total. The number of hydrogen-bond donors (Lipinski definition) is 2. The van der Waals surface area contributed by atoms with Crippen molar-refractivity contribution in [1.29, 1.82) is 0 Å². The van der Waals surface area contributed by atoms with Crippen LogP contribution in [0.4, 0.5) is 0 Å². The van der Waals surface area contributed by atoms with Crippen LogP contribution in [0.5, 0.6) is 0 Å². The number of guanidine groups is 1. The number of nitrogens with zero attached hydrogens (tertiary/aromatic N) is 4. The fourth-order valence-corrected chi connectivity index (χ4v) is 3.21. The lowest BCUT2D eigenvalue weighted by Gasteiger charge is -2.32. The van der Waals surface area contributed by atoms with Gasteiger partial charge in [0.15, 0.2) is 5.96 Å². The standard InChI is InChI=1S/C18H38N6O.HI/c1-3-19-18(21-7-9-24-14-16-25-17-15-24)20-6-4-5-8-23-12-10-22(2)11-13-23;/h3-17H2,1-2H3,(H2,19,20,21);1H. The molecule has 0 aromatic heterocycles. The van der Waals surface area contributed by atoms with Crippen LogP contribution in [0.1, 0.15) is 19.8 Å². The Labute approximate surface area is 176 Å². The molecule has 154 valence electrons. The van der Waals surface area contributed by atoms with Gasteiger partial charge in [0.25, 0.3) is 0 Å². The van der Waals surface area contributed by atoms with Gasteiger partial charge in [-0.15, -0.1) is 24.0 Å². The molecular weight excluding hydrogens is 443 g/mol. The van der Waals surface area contributed by atoms with Crippen LogP contribution in [-0.4, -0.2) is 113 Å². The van der Waals surface area contributed by atoms with Crippen molar-refractivity contribution in [1.82, 2.24) is 25.3 Å². The topological polar surface area (TPSA) is 55.4 Å². The molecule has 0 radical (unpaired) electrons. The lowest BCUT2D eigenvalue weighted by Crippen LogP contribution is -2.44. The number of rotatable bonds is 9. The lowest BCUT2D eigenvalue weighted by atomic mass is 10.2. The molecule has 2 saturated heterocycles. The Kier molecular flexibility index (Phi) is 13.6. The van der Waals surface area contributed by atoms with E-state index in [1.807, 2.05) is 0 Å². The molecule has 26 heavy (non-hydrogen) atoms. The Balaban J connectivity index is 0.00000338. The number of likely N-dealkylation sites (N-methyl/N-ethyl adjacent to an activating group) is 1. The van der Waals surface area contributed by atoms with Crippen LogP contribution in [0.3, 0.4) is 0 Å². The van der Waals surface area contributed by atoms with Crippen LogP contribution < -0.4 is 10.6 Å². The van der Waals surface area contributed by atoms with Gasteiger partial charge in [-0.3, -0.25) is 9.89 Å². The van der Waals surface area contributed by atoms with Gasteiger partial charge < -0.3 is 25.2 Å². The fraction of sp³-hybridized carbons (Fsp3) is 0.944. The number of unbranched alkanes of at least 4 members (excludes halogenated alkanes) is 1. The van der Waals surface area contributed by atoms with Crippen LogP contribution in [0.2, 0.25) is 0 Å². The quantitative estimate of drug-likeness (QED) is 0.216. The fourth-order valence-electron chi connectivity index (χ4n) is 3.21. The summed E-state index contributed by atoms with van der Waals surface area (Å²) in [5.41, 5.74) is 0. The monoisotopic (exact) mass is 482 g/mol. The van der Waals surface area contributed by atoms with Gasteiger partial charge in [-0.05, 0) is 33.4 Å². The zero-order chi connectivity index (χ0) is 17.7. The zero-order valence-corrected chi connectivity index (χ0v) is 19.0. The number of halogens is 1. The van der Waals surface area contributed by atoms with E-state index in [9.17, 15) is 0 Å². The summed E-state index contributed by atoms with van der Waals surface area (Å²) in [5, 5.41) is 6.80. The molecule has 2 aliphatic heterocycles. The lowest BCUT2D eigenvalue weighted by molar-refractivity contribution is 0.0389. The molecule has 0 aromatic carbocycles. The molecule has 8 heteroatoms. The number of aliphatic imine (C=N–C) groups is 1. The van der Waals surface area contributed by atoms with Crippen LogP contribution >= 0.6 is 24.0 Å². The normalized spacial score (nSPS) is 20.6. The second-order valence-electron chi connectivity index (χ2n) is 6.99. The summed E-state index contributed by atoms with van der Waals surface area (Å²) in [4.78, 5) is 12.1. The third-order valence-electron chi connectivity index (χ3n) is 4.92. The van der Waals surface area contributed by atoms with Crippen molar-refractivity contribution in [2.24, 2.45) is 4.99 Å². The number of piperazine rings is 1. The molecular formula is C18H39IN6O. The van der Waals surface area contributed by atoms with Crippen molar-refractivity contribution in [3.63, 3.8) is 0 Å². The molecule has 2 heterocycles. The maximum absolute atomic E-state index is 5.39. The number of nitrogens with one attached hydrogen (secondary N) is 2. The van der Waals surface area contributed by atoms with Gasteiger partial charge in [0.1, 0.15) is 0 Å². The Bertz CT molecular complexity index is 371. The smallest absolute Gasteiger partial charge is 0.191 e. The maximum atomic E-state index is 5.39. The Morgan fingerprint density at radius 3 is 2.31 bits per heavy atom. The molecule has 2 rings (SSSR count). The van der Waals surface area contributed by atoms with Gasteiger partial charge in [0.2, 0.25) is 0 Å². The molecule has 0 bridgehead atoms. The van der Waals surface area contributed by atoms with Crippen molar-refractivity contribution in [3.05, 3.63) is 0 Å². The van der Waals surface area contributed by atoms with Crippen LogP contribution in [0.25, 0.3) is 0 Å². The van der Waals surface area contributed by atoms with E-state index >= 15 is 0 Å². The second-order valence-corrected chi connectivity index (χ2v) is 6.99. The zero-order valence-electron chi connectivity index (χ0n) is 16.7. The Morgan fingerprint density at radius 2 is 1.62 bits per heavy atom. The third kappa shape index (κ3) is 10.2. The number of ether oxygens (including phenoxy) is 1. The maximum Gasteiger partial charge on any atom is 0.191 e. The summed E-state index contributed by atoms with van der Waals surface area (Å²) in [5.74, 6) is 0.954. The first kappa shape index (κ1) is 23.9. The largest absolute Gasteiger partial charge is 0.379 e. The van der Waals surface area contributed by atoms with Gasteiger partial charge in [-0.2, -0.15) is 0 Å². The van der Waals surface area contributed by atoms with Crippen LogP contribution in [0.15, 0.2) is 4.99 Å². The van der Waals surface area contributed by atoms with Gasteiger partial charge in [0, 0.05) is 65.4 Å². The number of hydrogen-bond acceptors (Lipinski definition) is 5. The molecule has 2 N–H and O–H groups in total. The van der Waals surface area contributed by atoms with E-state index in [1.165, 1.54) is 39.1 Å². The molecule has 0 aliphatic carbocycles. The van der Waals surface area contributed by atoms with E-state index in [2.05, 4.69) is 39.3 Å². The average molecular weight is 482 g/mol. The molecule has 2 aliphatic rings. The summed E-state index contributed by atoms with van der Waals surface area (Å²) in [6, 6.07) is 0. The van der Waals surface area contributed by atoms with Crippen molar-refractivity contribution < 1.29 is 4.74 Å². The Hall–Kier alpha value is -0.160. The van der Waals surface area contributed by atoms with Crippen molar-refractivity contribution >= 4 is 29.9 Å². The summed E-state index contributed by atoms with van der Waals surface area (Å²) >= 11 is 0. The molecule has 2 fully saturated rings. The predicted octanol–water partition coefficient (Wildman–Crippen LogP) is 0.519. The summed E-state index contributed by atoms with van der Waals surface area (Å²) < 4.78 is 5.39. The molecule has 0 saturated carbocycles. The average Bonchev–Trinajstić information content (AvgIpc) is 2.64. The van der Waals surface area contributed by atoms with Crippen molar-refractivity contribution in [2.75, 3.05) is 92.3 Å². The van der Waals surface area contributed by atoms with E-state index < -0.39 is 0 Å². The highest BCUT2D eigenvalue weighted by molar-refractivity contribution is 14.0. The highest BCUT2D eigenvalue weighted by Gasteiger charge is 2.12. The van der Waals surface area contributed by atoms with E-state index in [0.29, 0.717) is 0 Å². The van der Waals surface area contributed by atoms with E-state index in [4.69, 9.17) is 9.73 Å². The first-order valence-electron chi connectivity index (χ1n) is 10.0. The third-order valence-corrected chi connectivity index (χ3v) is 4.92. The first-order valence-corrected chi connectivity index (χ1v) is 10.0. The van der Waals surface area contributed by atoms with Gasteiger partial charge >= 0.3 is 0 Å². The highest BCUT2D eigenvalue weighted by atomic mass is 127. The molecule has 0 aromatic rings. The van der Waals surface area contributed by atoms with Gasteiger partial charge in [-0.25, -0.2) is 0 Å². The summed E-state index contributed by atoms with van der Waals surface area (Å²) in [7, 11) is 2.21. The highest BCUT2D eigenvalue weighted by Crippen LogP contribution is 2.01. The van der Waals surface area contributed by atoms with Crippen LogP contribution in [0, 0.1) is 0 Å². The number of morpholine rings is 1.